The molecule has 2 aromatic carbocycles. The quantitative estimate of drug-likeness (QED) is 0.411. The molecule has 1 fully saturated rings. The van der Waals surface area contributed by atoms with E-state index in [2.05, 4.69) is 10.6 Å². The third-order valence-corrected chi connectivity index (χ3v) is 4.78. The van der Waals surface area contributed by atoms with E-state index in [9.17, 15) is 14.9 Å². The number of nitrogens with one attached hydrogen (secondary N) is 2. The molecule has 1 aliphatic rings. The SMILES string of the molecule is O=C(NC(=S)Nc1cc(Cl)cc(Cl)c1)c1cc([N+](=O)[O-])ccc1N1CCOCC1. The Morgan fingerprint density at radius 3 is 2.41 bits per heavy atom. The predicted molar refractivity (Wildman–Crippen MR) is 116 cm³/mol. The van der Waals surface area contributed by atoms with Gasteiger partial charge >= 0.3 is 0 Å². The molecule has 0 unspecified atom stereocenters. The molecule has 8 nitrogen and oxygen atoms in total. The van der Waals surface area contributed by atoms with Crippen molar-refractivity contribution in [2.24, 2.45) is 0 Å². The van der Waals surface area contributed by atoms with Crippen molar-refractivity contribution in [1.82, 2.24) is 5.32 Å². The largest absolute Gasteiger partial charge is 0.378 e. The van der Waals surface area contributed by atoms with Crippen LogP contribution in [0.2, 0.25) is 10.0 Å². The number of nitro groups is 1. The fourth-order valence-electron chi connectivity index (χ4n) is 2.86. The lowest BCUT2D eigenvalue weighted by atomic mass is 10.1. The normalized spacial score (nSPS) is 13.7. The molecule has 3 rings (SSSR count). The van der Waals surface area contributed by atoms with E-state index in [0.717, 1.165) is 0 Å². The molecule has 152 valence electrons. The minimum Gasteiger partial charge on any atom is -0.378 e. The molecule has 1 heterocycles. The van der Waals surface area contributed by atoms with Gasteiger partial charge in [-0.25, -0.2) is 0 Å². The third-order valence-electron chi connectivity index (χ3n) is 4.13. The summed E-state index contributed by atoms with van der Waals surface area (Å²) in [7, 11) is 0. The maximum Gasteiger partial charge on any atom is 0.270 e. The molecule has 0 spiro atoms. The van der Waals surface area contributed by atoms with Crippen molar-refractivity contribution >= 4 is 63.5 Å². The molecule has 29 heavy (non-hydrogen) atoms. The first kappa shape index (κ1) is 21.3. The number of non-ortho nitro benzene ring substituents is 1. The van der Waals surface area contributed by atoms with E-state index in [0.29, 0.717) is 47.7 Å². The smallest absolute Gasteiger partial charge is 0.270 e. The summed E-state index contributed by atoms with van der Waals surface area (Å²) >= 11 is 17.1. The molecule has 0 saturated carbocycles. The van der Waals surface area contributed by atoms with Crippen molar-refractivity contribution in [2.75, 3.05) is 36.5 Å². The number of morpholine rings is 1. The standard InChI is InChI=1S/C18H16Cl2N4O4S/c19-11-7-12(20)9-13(8-11)21-18(29)22-17(25)15-10-14(24(26)27)1-2-16(15)23-3-5-28-6-4-23/h1-2,7-10H,3-6H2,(H2,21,22,25,29). The Labute approximate surface area is 181 Å². The van der Waals surface area contributed by atoms with Crippen LogP contribution in [0.15, 0.2) is 36.4 Å². The van der Waals surface area contributed by atoms with E-state index < -0.39 is 10.8 Å². The van der Waals surface area contributed by atoms with Crippen LogP contribution in [-0.4, -0.2) is 42.2 Å². The molecule has 0 aromatic heterocycles. The molecule has 2 N–H and O–H groups in total. The average Bonchev–Trinajstić information content (AvgIpc) is 2.67. The number of carbonyl (C=O) groups excluding carboxylic acids is 1. The summed E-state index contributed by atoms with van der Waals surface area (Å²) in [5.74, 6) is -0.569. The van der Waals surface area contributed by atoms with E-state index in [-0.39, 0.29) is 16.4 Å². The first-order valence-corrected chi connectivity index (χ1v) is 9.69. The van der Waals surface area contributed by atoms with E-state index in [1.807, 2.05) is 4.90 Å². The first-order valence-electron chi connectivity index (χ1n) is 8.53. The lowest BCUT2D eigenvalue weighted by molar-refractivity contribution is -0.384. The predicted octanol–water partition coefficient (Wildman–Crippen LogP) is 3.87. The summed E-state index contributed by atoms with van der Waals surface area (Å²) in [5, 5.41) is 17.4. The van der Waals surface area contributed by atoms with Crippen LogP contribution in [0.1, 0.15) is 10.4 Å². The fourth-order valence-corrected chi connectivity index (χ4v) is 3.59. The van der Waals surface area contributed by atoms with Gasteiger partial charge in [-0.2, -0.15) is 0 Å². The number of halogens is 2. The highest BCUT2D eigenvalue weighted by Gasteiger charge is 2.22. The Kier molecular flexibility index (Phi) is 6.86. The van der Waals surface area contributed by atoms with Gasteiger partial charge in [0.2, 0.25) is 0 Å². The fraction of sp³-hybridized carbons (Fsp3) is 0.222. The first-order chi connectivity index (χ1) is 13.8. The van der Waals surface area contributed by atoms with Gasteiger partial charge in [0.15, 0.2) is 5.11 Å². The van der Waals surface area contributed by atoms with Gasteiger partial charge in [0.25, 0.3) is 11.6 Å². The summed E-state index contributed by atoms with van der Waals surface area (Å²) in [6, 6.07) is 8.92. The second-order valence-corrected chi connectivity index (χ2v) is 7.41. The van der Waals surface area contributed by atoms with Crippen LogP contribution < -0.4 is 15.5 Å². The van der Waals surface area contributed by atoms with Gasteiger partial charge in [0.1, 0.15) is 0 Å². The van der Waals surface area contributed by atoms with E-state index in [4.69, 9.17) is 40.2 Å². The molecule has 0 atom stereocenters. The minimum atomic E-state index is -0.569. The van der Waals surface area contributed by atoms with Crippen LogP contribution in [0.4, 0.5) is 17.1 Å². The molecular formula is C18H16Cl2N4O4S. The van der Waals surface area contributed by atoms with E-state index in [1.54, 1.807) is 24.3 Å². The summed E-state index contributed by atoms with van der Waals surface area (Å²) in [4.78, 5) is 25.4. The zero-order valence-electron chi connectivity index (χ0n) is 15.0. The molecule has 0 bridgehead atoms. The molecule has 0 aliphatic carbocycles. The van der Waals surface area contributed by atoms with Crippen LogP contribution in [-0.2, 0) is 4.74 Å². The number of benzene rings is 2. The van der Waals surface area contributed by atoms with Crippen LogP contribution in [0.5, 0.6) is 0 Å². The topological polar surface area (TPSA) is 96.7 Å². The molecule has 1 amide bonds. The highest BCUT2D eigenvalue weighted by molar-refractivity contribution is 7.80. The maximum atomic E-state index is 12.8. The number of rotatable bonds is 4. The van der Waals surface area contributed by atoms with Crippen LogP contribution >= 0.6 is 35.4 Å². The van der Waals surface area contributed by atoms with Gasteiger partial charge in [-0.3, -0.25) is 20.2 Å². The van der Waals surface area contributed by atoms with Crippen LogP contribution in [0.3, 0.4) is 0 Å². The minimum absolute atomic E-state index is 0.00719. The highest BCUT2D eigenvalue weighted by atomic mass is 35.5. The molecule has 11 heteroatoms. The molecule has 0 radical (unpaired) electrons. The summed E-state index contributed by atoms with van der Waals surface area (Å²) in [6.07, 6.45) is 0. The second kappa shape index (κ2) is 9.36. The van der Waals surface area contributed by atoms with Gasteiger partial charge in [-0.05, 0) is 36.5 Å². The van der Waals surface area contributed by atoms with Crippen molar-refractivity contribution in [2.45, 2.75) is 0 Å². The number of carbonyl (C=O) groups is 1. The number of anilines is 2. The van der Waals surface area contributed by atoms with Gasteiger partial charge in [-0.15, -0.1) is 0 Å². The second-order valence-electron chi connectivity index (χ2n) is 6.12. The van der Waals surface area contributed by atoms with Crippen molar-refractivity contribution in [1.29, 1.82) is 0 Å². The zero-order valence-corrected chi connectivity index (χ0v) is 17.3. The maximum absolute atomic E-state index is 12.8. The highest BCUT2D eigenvalue weighted by Crippen LogP contribution is 2.27. The van der Waals surface area contributed by atoms with Gasteiger partial charge in [0.05, 0.1) is 29.4 Å². The van der Waals surface area contributed by atoms with Crippen LogP contribution in [0, 0.1) is 10.1 Å². The van der Waals surface area contributed by atoms with Crippen molar-refractivity contribution < 1.29 is 14.5 Å². The Balaban J connectivity index is 1.81. The molecule has 1 aliphatic heterocycles. The lowest BCUT2D eigenvalue weighted by Crippen LogP contribution is -2.39. The average molecular weight is 455 g/mol. The van der Waals surface area contributed by atoms with Crippen molar-refractivity contribution in [3.63, 3.8) is 0 Å². The number of nitro benzene ring substituents is 1. The lowest BCUT2D eigenvalue weighted by Gasteiger charge is -2.30. The summed E-state index contributed by atoms with van der Waals surface area (Å²) in [6.45, 7) is 2.16. The number of amides is 1. The monoisotopic (exact) mass is 454 g/mol. The number of thiocarbonyl (C=S) groups is 1. The van der Waals surface area contributed by atoms with Gasteiger partial charge in [-0.1, -0.05) is 23.2 Å². The molecular weight excluding hydrogens is 439 g/mol. The van der Waals surface area contributed by atoms with Crippen molar-refractivity contribution in [3.05, 3.63) is 62.1 Å². The summed E-state index contributed by atoms with van der Waals surface area (Å²) < 4.78 is 5.33. The molecule has 2 aromatic rings. The summed E-state index contributed by atoms with van der Waals surface area (Å²) in [5.41, 5.74) is 1.03. The third kappa shape index (κ3) is 5.54. The number of nitrogens with zero attached hydrogens (tertiary/aromatic N) is 2. The Bertz CT molecular complexity index is 947. The Hall–Kier alpha value is -2.46. The zero-order chi connectivity index (χ0) is 21.0. The Morgan fingerprint density at radius 2 is 1.79 bits per heavy atom. The van der Waals surface area contributed by atoms with Gasteiger partial charge < -0.3 is 15.0 Å². The number of hydrogen-bond acceptors (Lipinski definition) is 6. The van der Waals surface area contributed by atoms with Crippen LogP contribution in [0.25, 0.3) is 0 Å². The van der Waals surface area contributed by atoms with Crippen molar-refractivity contribution in [3.8, 4) is 0 Å². The van der Waals surface area contributed by atoms with E-state index >= 15 is 0 Å². The van der Waals surface area contributed by atoms with Gasteiger partial charge in [0, 0.05) is 41.0 Å². The molecule has 1 saturated heterocycles. The Morgan fingerprint density at radius 1 is 1.14 bits per heavy atom. The van der Waals surface area contributed by atoms with E-state index in [1.165, 1.54) is 12.1 Å². The number of ether oxygens (including phenoxy) is 1. The number of hydrogen-bond donors (Lipinski definition) is 2.